The number of carbonyl (C=O) groups is 1. The van der Waals surface area contributed by atoms with Crippen molar-refractivity contribution in [1.82, 2.24) is 4.98 Å². The van der Waals surface area contributed by atoms with E-state index in [1.165, 1.54) is 0 Å². The van der Waals surface area contributed by atoms with Gasteiger partial charge in [-0.1, -0.05) is 64.1 Å². The highest BCUT2D eigenvalue weighted by atomic mass is 35.5. The van der Waals surface area contributed by atoms with E-state index >= 15 is 0 Å². The molecule has 0 atom stereocenters. The third kappa shape index (κ3) is 4.81. The second-order valence-electron chi connectivity index (χ2n) is 7.64. The fourth-order valence-electron chi connectivity index (χ4n) is 3.33. The molecule has 0 bridgehead atoms. The second-order valence-corrected chi connectivity index (χ2v) is 9.62. The summed E-state index contributed by atoms with van der Waals surface area (Å²) in [6.07, 6.45) is 0. The molecule has 0 radical (unpaired) electrons. The van der Waals surface area contributed by atoms with Crippen molar-refractivity contribution in [2.24, 2.45) is 0 Å². The van der Waals surface area contributed by atoms with Gasteiger partial charge in [-0.3, -0.25) is 4.79 Å². The van der Waals surface area contributed by atoms with Gasteiger partial charge in [-0.25, -0.2) is 4.98 Å². The van der Waals surface area contributed by atoms with Crippen LogP contribution in [0.1, 0.15) is 16.7 Å². The lowest BCUT2D eigenvalue weighted by Gasteiger charge is -2.16. The van der Waals surface area contributed by atoms with Crippen LogP contribution in [0.25, 0.3) is 22.6 Å². The zero-order chi connectivity index (χ0) is 24.7. The fraction of sp³-hybridized carbons (Fsp3) is 0.167. The Balaban J connectivity index is 1.55. The number of benzene rings is 3. The van der Waals surface area contributed by atoms with Gasteiger partial charge < -0.3 is 14.5 Å². The molecule has 1 N–H and O–H groups in total. The van der Waals surface area contributed by atoms with Crippen LogP contribution < -0.4 is 10.1 Å². The Hall–Kier alpha value is -2.15. The molecule has 34 heavy (non-hydrogen) atoms. The van der Waals surface area contributed by atoms with Gasteiger partial charge in [0.2, 0.25) is 5.89 Å². The minimum atomic E-state index is -0.398. The minimum absolute atomic E-state index is 0.213. The molecule has 3 aromatic carbocycles. The lowest BCUT2D eigenvalue weighted by Crippen LogP contribution is -2.21. The van der Waals surface area contributed by atoms with E-state index < -0.39 is 5.91 Å². The minimum Gasteiger partial charge on any atom is -0.481 e. The van der Waals surface area contributed by atoms with Gasteiger partial charge in [0.05, 0.1) is 15.1 Å². The predicted octanol–water partition coefficient (Wildman–Crippen LogP) is 8.70. The average Bonchev–Trinajstić information content (AvgIpc) is 3.22. The molecule has 1 heterocycles. The summed E-state index contributed by atoms with van der Waals surface area (Å²) in [7, 11) is 0. The molecule has 10 heteroatoms. The zero-order valence-electron chi connectivity index (χ0n) is 18.2. The molecule has 1 aromatic heterocycles. The Labute approximate surface area is 220 Å². The first kappa shape index (κ1) is 25.0. The SMILES string of the molecule is Cc1ccc(-c2nc3cc(Cl)cc(Cl)c3o2)cc1NC(=O)COc1c(Cl)c(C)c(Cl)c(C)c1Cl. The highest BCUT2D eigenvalue weighted by molar-refractivity contribution is 6.42. The fourth-order valence-corrected chi connectivity index (χ4v) is 4.68. The smallest absolute Gasteiger partial charge is 0.262 e. The number of aryl methyl sites for hydroxylation is 1. The normalized spacial score (nSPS) is 11.2. The van der Waals surface area contributed by atoms with Crippen LogP contribution in [0.4, 0.5) is 5.69 Å². The number of rotatable bonds is 5. The van der Waals surface area contributed by atoms with Crippen LogP contribution in [0.3, 0.4) is 0 Å². The van der Waals surface area contributed by atoms with Gasteiger partial charge in [0, 0.05) is 21.3 Å². The van der Waals surface area contributed by atoms with Crippen LogP contribution in [-0.4, -0.2) is 17.5 Å². The van der Waals surface area contributed by atoms with Crippen molar-refractivity contribution in [3.63, 3.8) is 0 Å². The van der Waals surface area contributed by atoms with E-state index in [1.54, 1.807) is 32.0 Å². The van der Waals surface area contributed by atoms with E-state index in [1.807, 2.05) is 19.1 Å². The number of fused-ring (bicyclic) bond motifs is 1. The number of ether oxygens (including phenoxy) is 1. The summed E-state index contributed by atoms with van der Waals surface area (Å²) in [6, 6.07) is 8.68. The number of anilines is 1. The monoisotopic (exact) mass is 556 g/mol. The second kappa shape index (κ2) is 9.84. The van der Waals surface area contributed by atoms with Gasteiger partial charge in [-0.15, -0.1) is 0 Å². The van der Waals surface area contributed by atoms with Crippen LogP contribution in [0, 0.1) is 20.8 Å². The van der Waals surface area contributed by atoms with E-state index in [4.69, 9.17) is 67.2 Å². The van der Waals surface area contributed by atoms with Gasteiger partial charge in [0.15, 0.2) is 17.9 Å². The lowest BCUT2D eigenvalue weighted by atomic mass is 10.1. The van der Waals surface area contributed by atoms with E-state index in [-0.39, 0.29) is 22.4 Å². The molecule has 0 fully saturated rings. The summed E-state index contributed by atoms with van der Waals surface area (Å²) in [6.45, 7) is 5.06. The Morgan fingerprint density at radius 2 is 1.65 bits per heavy atom. The summed E-state index contributed by atoms with van der Waals surface area (Å²) >= 11 is 31.1. The highest BCUT2D eigenvalue weighted by Gasteiger charge is 2.19. The van der Waals surface area contributed by atoms with Gasteiger partial charge in [0.25, 0.3) is 5.91 Å². The number of aromatic nitrogens is 1. The summed E-state index contributed by atoms with van der Waals surface area (Å²) in [5.74, 6) is 0.159. The van der Waals surface area contributed by atoms with Crippen molar-refractivity contribution < 1.29 is 13.9 Å². The van der Waals surface area contributed by atoms with Crippen molar-refractivity contribution in [3.8, 4) is 17.2 Å². The molecule has 5 nitrogen and oxygen atoms in total. The average molecular weight is 559 g/mol. The van der Waals surface area contributed by atoms with Crippen molar-refractivity contribution in [2.45, 2.75) is 20.8 Å². The zero-order valence-corrected chi connectivity index (χ0v) is 21.9. The molecular weight excluding hydrogens is 542 g/mol. The van der Waals surface area contributed by atoms with E-state index in [9.17, 15) is 4.79 Å². The maximum absolute atomic E-state index is 12.6. The van der Waals surface area contributed by atoms with E-state index in [0.29, 0.717) is 54.4 Å². The first-order valence-corrected chi connectivity index (χ1v) is 11.9. The number of nitrogens with zero attached hydrogens (tertiary/aromatic N) is 1. The van der Waals surface area contributed by atoms with Gasteiger partial charge >= 0.3 is 0 Å². The van der Waals surface area contributed by atoms with Crippen LogP contribution in [-0.2, 0) is 4.79 Å². The number of hydrogen-bond donors (Lipinski definition) is 1. The van der Waals surface area contributed by atoms with Crippen LogP contribution >= 0.6 is 58.0 Å². The molecule has 1 amide bonds. The molecule has 4 rings (SSSR count). The molecule has 4 aromatic rings. The molecule has 0 aliphatic heterocycles. The maximum atomic E-state index is 12.6. The molecule has 0 spiro atoms. The molecule has 0 saturated carbocycles. The van der Waals surface area contributed by atoms with E-state index in [0.717, 1.165) is 5.56 Å². The first-order chi connectivity index (χ1) is 16.1. The topological polar surface area (TPSA) is 64.4 Å². The molecular formula is C24H17Cl5N2O3. The number of nitrogens with one attached hydrogen (secondary N) is 1. The van der Waals surface area contributed by atoms with E-state index in [2.05, 4.69) is 10.3 Å². The Kier molecular flexibility index (Phi) is 7.22. The first-order valence-electron chi connectivity index (χ1n) is 9.99. The van der Waals surface area contributed by atoms with Crippen LogP contribution in [0.2, 0.25) is 25.1 Å². The van der Waals surface area contributed by atoms with Crippen molar-refractivity contribution >= 4 is 80.7 Å². The third-order valence-corrected chi connectivity index (χ3v) is 7.21. The van der Waals surface area contributed by atoms with Gasteiger partial charge in [0.1, 0.15) is 5.52 Å². The maximum Gasteiger partial charge on any atom is 0.262 e. The third-order valence-electron chi connectivity index (χ3n) is 5.23. The number of hydrogen-bond acceptors (Lipinski definition) is 4. The highest BCUT2D eigenvalue weighted by Crippen LogP contribution is 2.42. The molecule has 0 aliphatic carbocycles. The largest absolute Gasteiger partial charge is 0.481 e. The van der Waals surface area contributed by atoms with Crippen LogP contribution in [0.5, 0.6) is 5.75 Å². The molecule has 0 aliphatic rings. The van der Waals surface area contributed by atoms with Gasteiger partial charge in [-0.2, -0.15) is 0 Å². The standard InChI is InChI=1S/C24H17Cl5N2O3/c1-10-4-5-13(24-31-17-8-14(25)7-15(26)22(17)34-24)6-16(10)30-18(32)9-33-23-20(28)11(2)19(27)12(3)21(23)29/h4-8H,9H2,1-3H3,(H,30,32). The Morgan fingerprint density at radius 1 is 0.971 bits per heavy atom. The van der Waals surface area contributed by atoms with Crippen molar-refractivity contribution in [2.75, 3.05) is 11.9 Å². The van der Waals surface area contributed by atoms with Crippen molar-refractivity contribution in [1.29, 1.82) is 0 Å². The summed E-state index contributed by atoms with van der Waals surface area (Å²) < 4.78 is 11.5. The Bertz CT molecular complexity index is 1420. The number of amides is 1. The van der Waals surface area contributed by atoms with Gasteiger partial charge in [-0.05, 0) is 61.7 Å². The van der Waals surface area contributed by atoms with Crippen LogP contribution in [0.15, 0.2) is 34.7 Å². The summed E-state index contributed by atoms with van der Waals surface area (Å²) in [4.78, 5) is 17.1. The summed E-state index contributed by atoms with van der Waals surface area (Å²) in [5, 5.41) is 4.65. The molecule has 0 saturated heterocycles. The lowest BCUT2D eigenvalue weighted by molar-refractivity contribution is -0.118. The van der Waals surface area contributed by atoms with Crippen molar-refractivity contribution in [3.05, 3.63) is 72.1 Å². The quantitative estimate of drug-likeness (QED) is 0.266. The Morgan fingerprint density at radius 3 is 2.32 bits per heavy atom. The number of oxazole rings is 1. The molecule has 0 unspecified atom stereocenters. The molecule has 176 valence electrons. The summed E-state index contributed by atoms with van der Waals surface area (Å²) in [5.41, 5.74) is 4.28. The predicted molar refractivity (Wildman–Crippen MR) is 139 cm³/mol. The number of carbonyl (C=O) groups excluding carboxylic acids is 1. The number of halogens is 5.